The van der Waals surface area contributed by atoms with Gasteiger partial charge in [0.15, 0.2) is 0 Å². The van der Waals surface area contributed by atoms with Gasteiger partial charge in [0.2, 0.25) is 0 Å². The van der Waals surface area contributed by atoms with Gasteiger partial charge in [-0.05, 0) is 13.0 Å². The number of halogens is 1. The lowest BCUT2D eigenvalue weighted by Gasteiger charge is -2.11. The summed E-state index contributed by atoms with van der Waals surface area (Å²) in [6.45, 7) is 2.25. The van der Waals surface area contributed by atoms with Crippen molar-refractivity contribution in [1.82, 2.24) is 24.9 Å². The quantitative estimate of drug-likeness (QED) is 0.822. The van der Waals surface area contributed by atoms with Crippen molar-refractivity contribution >= 4 is 23.5 Å². The van der Waals surface area contributed by atoms with E-state index in [0.29, 0.717) is 18.1 Å². The lowest BCUT2D eigenvalue weighted by atomic mass is 10.3. The summed E-state index contributed by atoms with van der Waals surface area (Å²) in [5.74, 6) is -1.45. The molecule has 1 amide bonds. The van der Waals surface area contributed by atoms with Crippen LogP contribution < -0.4 is 5.32 Å². The van der Waals surface area contributed by atoms with Crippen molar-refractivity contribution in [2.45, 2.75) is 19.5 Å². The van der Waals surface area contributed by atoms with Gasteiger partial charge in [0.05, 0.1) is 17.8 Å². The Bertz CT molecular complexity index is 651. The number of hydrogen-bond donors (Lipinski definition) is 2. The van der Waals surface area contributed by atoms with Crippen molar-refractivity contribution in [3.63, 3.8) is 0 Å². The topological polar surface area (TPSA) is 102 Å². The van der Waals surface area contributed by atoms with Crippen molar-refractivity contribution in [2.24, 2.45) is 0 Å². The minimum atomic E-state index is -1.06. The predicted octanol–water partition coefficient (Wildman–Crippen LogP) is 0.809. The minimum Gasteiger partial charge on any atom is -0.480 e. The van der Waals surface area contributed by atoms with Gasteiger partial charge in [-0.2, -0.15) is 10.2 Å². The smallest absolute Gasteiger partial charge is 0.328 e. The summed E-state index contributed by atoms with van der Waals surface area (Å²) in [4.78, 5) is 23.0. The van der Waals surface area contributed by atoms with Crippen LogP contribution in [0.25, 0.3) is 0 Å². The number of rotatable bonds is 6. The van der Waals surface area contributed by atoms with E-state index in [2.05, 4.69) is 15.5 Å². The molecule has 1 atom stereocenters. The molecule has 0 saturated carbocycles. The van der Waals surface area contributed by atoms with Crippen molar-refractivity contribution in [2.75, 3.05) is 6.54 Å². The van der Waals surface area contributed by atoms with E-state index in [1.54, 1.807) is 10.9 Å². The molecule has 8 nitrogen and oxygen atoms in total. The zero-order valence-electron chi connectivity index (χ0n) is 11.2. The third kappa shape index (κ3) is 3.60. The van der Waals surface area contributed by atoms with Gasteiger partial charge in [-0.3, -0.25) is 9.48 Å². The van der Waals surface area contributed by atoms with Crippen LogP contribution in [0, 0.1) is 0 Å². The van der Waals surface area contributed by atoms with Crippen LogP contribution in [0.3, 0.4) is 0 Å². The van der Waals surface area contributed by atoms with Gasteiger partial charge in [0.25, 0.3) is 5.91 Å². The molecule has 2 aromatic heterocycles. The largest absolute Gasteiger partial charge is 0.480 e. The van der Waals surface area contributed by atoms with Gasteiger partial charge in [-0.15, -0.1) is 0 Å². The molecule has 2 aromatic rings. The zero-order chi connectivity index (χ0) is 15.4. The van der Waals surface area contributed by atoms with Crippen LogP contribution in [-0.4, -0.2) is 43.1 Å². The Morgan fingerprint density at radius 2 is 2.24 bits per heavy atom. The molecule has 0 radical (unpaired) electrons. The Morgan fingerprint density at radius 1 is 1.48 bits per heavy atom. The van der Waals surface area contributed by atoms with E-state index in [4.69, 9.17) is 16.7 Å². The summed E-state index contributed by atoms with van der Waals surface area (Å²) in [6, 6.07) is 0.560. The first-order valence-corrected chi connectivity index (χ1v) is 6.59. The van der Waals surface area contributed by atoms with Crippen molar-refractivity contribution in [3.8, 4) is 0 Å². The Hall–Kier alpha value is -2.35. The summed E-state index contributed by atoms with van der Waals surface area (Å²) in [5.41, 5.74) is 0.198. The van der Waals surface area contributed by atoms with E-state index in [1.807, 2.05) is 0 Å². The minimum absolute atomic E-state index is 0.198. The Balaban J connectivity index is 1.95. The SMILES string of the molecule is CC(C(=O)O)n1nccc1C(=O)NCCn1cc(Cl)cn1. The van der Waals surface area contributed by atoms with Gasteiger partial charge in [-0.1, -0.05) is 11.6 Å². The molecular formula is C12H14ClN5O3. The van der Waals surface area contributed by atoms with Gasteiger partial charge in [-0.25, -0.2) is 9.48 Å². The van der Waals surface area contributed by atoms with Gasteiger partial charge in [0.1, 0.15) is 11.7 Å². The molecule has 0 aliphatic carbocycles. The van der Waals surface area contributed by atoms with E-state index in [9.17, 15) is 9.59 Å². The molecule has 0 aliphatic rings. The summed E-state index contributed by atoms with van der Waals surface area (Å²) in [6.07, 6.45) is 4.54. The Kier molecular flexibility index (Phi) is 4.59. The second kappa shape index (κ2) is 6.40. The van der Waals surface area contributed by atoms with Gasteiger partial charge >= 0.3 is 5.97 Å². The predicted molar refractivity (Wildman–Crippen MR) is 74.1 cm³/mol. The van der Waals surface area contributed by atoms with Crippen molar-refractivity contribution < 1.29 is 14.7 Å². The van der Waals surface area contributed by atoms with E-state index >= 15 is 0 Å². The molecular weight excluding hydrogens is 298 g/mol. The number of nitrogens with one attached hydrogen (secondary N) is 1. The normalized spacial score (nSPS) is 12.1. The third-order valence-corrected chi connectivity index (χ3v) is 3.05. The summed E-state index contributed by atoms with van der Waals surface area (Å²) in [5, 5.41) is 20.0. The first-order chi connectivity index (χ1) is 9.99. The molecule has 0 bridgehead atoms. The first kappa shape index (κ1) is 15.0. The summed E-state index contributed by atoms with van der Waals surface area (Å²) >= 11 is 5.73. The Morgan fingerprint density at radius 3 is 2.86 bits per heavy atom. The molecule has 21 heavy (non-hydrogen) atoms. The van der Waals surface area contributed by atoms with Crippen LogP contribution in [-0.2, 0) is 11.3 Å². The molecule has 0 spiro atoms. The van der Waals surface area contributed by atoms with Gasteiger partial charge < -0.3 is 10.4 Å². The highest BCUT2D eigenvalue weighted by molar-refractivity contribution is 6.30. The first-order valence-electron chi connectivity index (χ1n) is 6.21. The maximum atomic E-state index is 12.0. The molecule has 0 aliphatic heterocycles. The van der Waals surface area contributed by atoms with Crippen LogP contribution in [0.4, 0.5) is 0 Å². The molecule has 0 saturated heterocycles. The molecule has 2 rings (SSSR count). The fourth-order valence-electron chi connectivity index (χ4n) is 1.74. The number of aromatic nitrogens is 4. The van der Waals surface area contributed by atoms with Crippen LogP contribution in [0.15, 0.2) is 24.7 Å². The highest BCUT2D eigenvalue weighted by atomic mass is 35.5. The highest BCUT2D eigenvalue weighted by Gasteiger charge is 2.20. The monoisotopic (exact) mass is 311 g/mol. The molecule has 0 fully saturated rings. The second-order valence-electron chi connectivity index (χ2n) is 4.35. The fourth-order valence-corrected chi connectivity index (χ4v) is 1.90. The lowest BCUT2D eigenvalue weighted by molar-refractivity contribution is -0.140. The number of carbonyl (C=O) groups is 2. The third-order valence-electron chi connectivity index (χ3n) is 2.86. The van der Waals surface area contributed by atoms with Crippen molar-refractivity contribution in [1.29, 1.82) is 0 Å². The zero-order valence-corrected chi connectivity index (χ0v) is 12.0. The van der Waals surface area contributed by atoms with Crippen LogP contribution >= 0.6 is 11.6 Å². The second-order valence-corrected chi connectivity index (χ2v) is 4.79. The van der Waals surface area contributed by atoms with Gasteiger partial charge in [0, 0.05) is 18.9 Å². The van der Waals surface area contributed by atoms with E-state index in [1.165, 1.54) is 30.1 Å². The number of aliphatic carboxylic acids is 1. The summed E-state index contributed by atoms with van der Waals surface area (Å²) < 4.78 is 2.77. The van der Waals surface area contributed by atoms with Crippen molar-refractivity contribution in [3.05, 3.63) is 35.4 Å². The number of hydrogen-bond acceptors (Lipinski definition) is 4. The van der Waals surface area contributed by atoms with E-state index < -0.39 is 12.0 Å². The Labute approximate surface area is 125 Å². The highest BCUT2D eigenvalue weighted by Crippen LogP contribution is 2.09. The number of carboxylic acids is 1. The molecule has 0 aromatic carbocycles. The number of carboxylic acid groups (broad SMARTS) is 1. The van der Waals surface area contributed by atoms with Crippen LogP contribution in [0.1, 0.15) is 23.5 Å². The fraction of sp³-hybridized carbons (Fsp3) is 0.333. The van der Waals surface area contributed by atoms with E-state index in [0.717, 1.165) is 0 Å². The average molecular weight is 312 g/mol. The average Bonchev–Trinajstić information content (AvgIpc) is 3.06. The standard InChI is InChI=1S/C12H14ClN5O3/c1-8(12(20)21)18-10(2-3-15-18)11(19)14-4-5-17-7-9(13)6-16-17/h2-3,6-8H,4-5H2,1H3,(H,14,19)(H,20,21). The molecule has 9 heteroatoms. The molecule has 2 heterocycles. The molecule has 2 N–H and O–H groups in total. The lowest BCUT2D eigenvalue weighted by Crippen LogP contribution is -2.31. The number of amides is 1. The van der Waals surface area contributed by atoms with Crippen LogP contribution in [0.2, 0.25) is 5.02 Å². The number of carbonyl (C=O) groups excluding carboxylic acids is 1. The van der Waals surface area contributed by atoms with Crippen LogP contribution in [0.5, 0.6) is 0 Å². The number of nitrogens with zero attached hydrogens (tertiary/aromatic N) is 4. The molecule has 112 valence electrons. The van der Waals surface area contributed by atoms with E-state index in [-0.39, 0.29) is 11.6 Å². The maximum absolute atomic E-state index is 12.0. The summed E-state index contributed by atoms with van der Waals surface area (Å²) in [7, 11) is 0. The molecule has 1 unspecified atom stereocenters. The maximum Gasteiger partial charge on any atom is 0.328 e.